The Morgan fingerprint density at radius 2 is 2.06 bits per heavy atom. The molecule has 5 heteroatoms. The van der Waals surface area contributed by atoms with Crippen LogP contribution in [0.1, 0.15) is 5.56 Å². The standard InChI is InChI=1S/C12H13BrN4/c1-14-11(9-6-4-3-5-7-9)16-12-10(13)8-15-17(12)2/h3-8H,1-2H3,(H,14,16). The molecule has 0 aliphatic carbocycles. The van der Waals surface area contributed by atoms with Crippen molar-refractivity contribution in [1.29, 1.82) is 0 Å². The lowest BCUT2D eigenvalue weighted by Crippen LogP contribution is -2.16. The Kier molecular flexibility index (Phi) is 3.58. The highest BCUT2D eigenvalue weighted by molar-refractivity contribution is 9.10. The van der Waals surface area contributed by atoms with Crippen LogP contribution < -0.4 is 5.32 Å². The van der Waals surface area contributed by atoms with Gasteiger partial charge in [0.15, 0.2) is 0 Å². The van der Waals surface area contributed by atoms with E-state index in [-0.39, 0.29) is 0 Å². The predicted molar refractivity (Wildman–Crippen MR) is 73.4 cm³/mol. The average Bonchev–Trinajstić information content (AvgIpc) is 2.68. The van der Waals surface area contributed by atoms with Crippen LogP contribution in [0.25, 0.3) is 0 Å². The van der Waals surface area contributed by atoms with E-state index in [0.29, 0.717) is 0 Å². The van der Waals surface area contributed by atoms with E-state index in [4.69, 9.17) is 0 Å². The molecular formula is C12H13BrN4. The zero-order valence-electron chi connectivity index (χ0n) is 9.68. The maximum Gasteiger partial charge on any atom is 0.144 e. The van der Waals surface area contributed by atoms with Crippen LogP contribution in [0, 0.1) is 0 Å². The highest BCUT2D eigenvalue weighted by atomic mass is 79.9. The van der Waals surface area contributed by atoms with Gasteiger partial charge in [-0.1, -0.05) is 30.3 Å². The Bertz CT molecular complexity index is 511. The maximum atomic E-state index is 4.26. The van der Waals surface area contributed by atoms with Gasteiger partial charge in [-0.15, -0.1) is 0 Å². The van der Waals surface area contributed by atoms with Gasteiger partial charge in [-0.3, -0.25) is 9.67 Å². The van der Waals surface area contributed by atoms with Crippen molar-refractivity contribution >= 4 is 27.6 Å². The highest BCUT2D eigenvalue weighted by Gasteiger charge is 2.09. The molecule has 2 aromatic rings. The SMILES string of the molecule is CN=C(Nc1c(Br)cnn1C)c1ccccc1. The lowest BCUT2D eigenvalue weighted by Gasteiger charge is -2.10. The molecule has 0 saturated carbocycles. The number of anilines is 1. The molecule has 0 spiro atoms. The molecule has 0 aliphatic heterocycles. The number of aryl methyl sites for hydroxylation is 1. The molecule has 0 saturated heterocycles. The quantitative estimate of drug-likeness (QED) is 0.683. The molecule has 2 rings (SSSR count). The third-order valence-corrected chi connectivity index (χ3v) is 2.98. The molecule has 0 unspecified atom stereocenters. The number of nitrogens with zero attached hydrogens (tertiary/aromatic N) is 3. The summed E-state index contributed by atoms with van der Waals surface area (Å²) in [5, 5.41) is 7.41. The second-order valence-electron chi connectivity index (χ2n) is 3.53. The number of benzene rings is 1. The van der Waals surface area contributed by atoms with Crippen molar-refractivity contribution in [2.75, 3.05) is 12.4 Å². The number of rotatable bonds is 2. The molecule has 0 radical (unpaired) electrons. The molecule has 0 aliphatic rings. The predicted octanol–water partition coefficient (Wildman–Crippen LogP) is 2.67. The largest absolute Gasteiger partial charge is 0.324 e. The van der Waals surface area contributed by atoms with Crippen LogP contribution in [-0.2, 0) is 7.05 Å². The second-order valence-corrected chi connectivity index (χ2v) is 4.38. The first-order valence-corrected chi connectivity index (χ1v) is 5.98. The van der Waals surface area contributed by atoms with Crippen molar-refractivity contribution in [3.8, 4) is 0 Å². The number of hydrogen-bond donors (Lipinski definition) is 1. The first-order chi connectivity index (χ1) is 8.22. The number of halogens is 1. The van der Waals surface area contributed by atoms with Crippen LogP contribution in [0.3, 0.4) is 0 Å². The topological polar surface area (TPSA) is 42.2 Å². The molecule has 17 heavy (non-hydrogen) atoms. The van der Waals surface area contributed by atoms with E-state index in [2.05, 4.69) is 31.3 Å². The zero-order valence-corrected chi connectivity index (χ0v) is 11.3. The molecular weight excluding hydrogens is 280 g/mol. The summed E-state index contributed by atoms with van der Waals surface area (Å²) < 4.78 is 2.68. The molecule has 0 atom stereocenters. The molecule has 1 N–H and O–H groups in total. The minimum absolute atomic E-state index is 0.815. The van der Waals surface area contributed by atoms with E-state index in [1.54, 1.807) is 17.9 Å². The van der Waals surface area contributed by atoms with E-state index in [1.807, 2.05) is 37.4 Å². The monoisotopic (exact) mass is 292 g/mol. The summed E-state index contributed by atoms with van der Waals surface area (Å²) in [4.78, 5) is 4.26. The van der Waals surface area contributed by atoms with Crippen LogP contribution in [0.15, 0.2) is 46.0 Å². The lowest BCUT2D eigenvalue weighted by atomic mass is 10.2. The molecule has 0 bridgehead atoms. The van der Waals surface area contributed by atoms with Crippen molar-refractivity contribution in [2.24, 2.45) is 12.0 Å². The fourth-order valence-corrected chi connectivity index (χ4v) is 1.96. The maximum absolute atomic E-state index is 4.26. The van der Waals surface area contributed by atoms with Crippen molar-refractivity contribution < 1.29 is 0 Å². The van der Waals surface area contributed by atoms with Gasteiger partial charge in [0.25, 0.3) is 0 Å². The number of nitrogens with one attached hydrogen (secondary N) is 1. The Hall–Kier alpha value is -1.62. The van der Waals surface area contributed by atoms with E-state index >= 15 is 0 Å². The molecule has 0 amide bonds. The van der Waals surface area contributed by atoms with Crippen LogP contribution in [-0.4, -0.2) is 22.7 Å². The van der Waals surface area contributed by atoms with Gasteiger partial charge >= 0.3 is 0 Å². The van der Waals surface area contributed by atoms with Crippen molar-refractivity contribution in [3.05, 3.63) is 46.6 Å². The van der Waals surface area contributed by atoms with Crippen molar-refractivity contribution in [1.82, 2.24) is 9.78 Å². The molecule has 1 heterocycles. The first-order valence-electron chi connectivity index (χ1n) is 5.19. The van der Waals surface area contributed by atoms with Gasteiger partial charge < -0.3 is 5.32 Å². The summed E-state index contributed by atoms with van der Waals surface area (Å²) >= 11 is 3.45. The van der Waals surface area contributed by atoms with Gasteiger partial charge in [-0.25, -0.2) is 0 Å². The Morgan fingerprint density at radius 1 is 1.35 bits per heavy atom. The number of aromatic nitrogens is 2. The first kappa shape index (κ1) is 11.9. The lowest BCUT2D eigenvalue weighted by molar-refractivity contribution is 0.777. The summed E-state index contributed by atoms with van der Waals surface area (Å²) in [7, 11) is 3.64. The van der Waals surface area contributed by atoms with E-state index in [1.165, 1.54) is 0 Å². The normalized spacial score (nSPS) is 11.6. The molecule has 4 nitrogen and oxygen atoms in total. The summed E-state index contributed by atoms with van der Waals surface area (Å²) in [5.74, 6) is 1.70. The molecule has 0 fully saturated rings. The molecule has 88 valence electrons. The van der Waals surface area contributed by atoms with Crippen molar-refractivity contribution in [3.63, 3.8) is 0 Å². The fourth-order valence-electron chi connectivity index (χ4n) is 1.52. The van der Waals surface area contributed by atoms with Crippen LogP contribution in [0.4, 0.5) is 5.82 Å². The summed E-state index contributed by atoms with van der Waals surface area (Å²) in [6.45, 7) is 0. The Labute approximate surface area is 109 Å². The minimum atomic E-state index is 0.815. The second kappa shape index (κ2) is 5.14. The average molecular weight is 293 g/mol. The molecule has 1 aromatic heterocycles. The third-order valence-electron chi connectivity index (χ3n) is 2.40. The van der Waals surface area contributed by atoms with Gasteiger partial charge in [-0.2, -0.15) is 5.10 Å². The van der Waals surface area contributed by atoms with Gasteiger partial charge in [0.05, 0.1) is 10.7 Å². The van der Waals surface area contributed by atoms with E-state index in [9.17, 15) is 0 Å². The van der Waals surface area contributed by atoms with Crippen LogP contribution in [0.2, 0.25) is 0 Å². The van der Waals surface area contributed by atoms with Gasteiger partial charge in [-0.05, 0) is 15.9 Å². The minimum Gasteiger partial charge on any atom is -0.324 e. The van der Waals surface area contributed by atoms with Gasteiger partial charge in [0, 0.05) is 19.7 Å². The smallest absolute Gasteiger partial charge is 0.144 e. The van der Waals surface area contributed by atoms with Gasteiger partial charge in [0.1, 0.15) is 11.7 Å². The van der Waals surface area contributed by atoms with Crippen LogP contribution >= 0.6 is 15.9 Å². The highest BCUT2D eigenvalue weighted by Crippen LogP contribution is 2.21. The summed E-state index contributed by atoms with van der Waals surface area (Å²) in [5.41, 5.74) is 1.04. The van der Waals surface area contributed by atoms with Crippen molar-refractivity contribution in [2.45, 2.75) is 0 Å². The number of hydrogen-bond acceptors (Lipinski definition) is 2. The van der Waals surface area contributed by atoms with Gasteiger partial charge in [0.2, 0.25) is 0 Å². The summed E-state index contributed by atoms with van der Waals surface area (Å²) in [6.07, 6.45) is 1.75. The zero-order chi connectivity index (χ0) is 12.3. The Balaban J connectivity index is 2.29. The number of amidine groups is 1. The van der Waals surface area contributed by atoms with E-state index < -0.39 is 0 Å². The molecule has 1 aromatic carbocycles. The summed E-state index contributed by atoms with van der Waals surface area (Å²) in [6, 6.07) is 9.98. The Morgan fingerprint density at radius 3 is 2.59 bits per heavy atom. The third kappa shape index (κ3) is 2.55. The fraction of sp³-hybridized carbons (Fsp3) is 0.167. The van der Waals surface area contributed by atoms with E-state index in [0.717, 1.165) is 21.7 Å². The van der Waals surface area contributed by atoms with Crippen LogP contribution in [0.5, 0.6) is 0 Å². The number of aliphatic imine (C=N–C) groups is 1.